The number of ether oxygens (including phenoxy) is 1. The number of hydrogen-bond acceptors (Lipinski definition) is 4. The van der Waals surface area contributed by atoms with Gasteiger partial charge in [0.1, 0.15) is 5.75 Å². The summed E-state index contributed by atoms with van der Waals surface area (Å²) in [4.78, 5) is 0. The molecule has 0 aliphatic carbocycles. The van der Waals surface area contributed by atoms with E-state index < -0.39 is 0 Å². The van der Waals surface area contributed by atoms with Crippen LogP contribution in [0.5, 0.6) is 5.75 Å². The standard InChI is InChI=1S/C17H25N3O2/c1-12-7-15(9-16(8-12)22-4)10-18-11-17-13(2)19-20(5-6-21)14(17)3/h7-9,18,21H,5-6,10-11H2,1-4H3. The summed E-state index contributed by atoms with van der Waals surface area (Å²) < 4.78 is 7.17. The van der Waals surface area contributed by atoms with Crippen LogP contribution in [0.2, 0.25) is 0 Å². The van der Waals surface area contributed by atoms with E-state index >= 15 is 0 Å². The second-order valence-electron chi connectivity index (χ2n) is 5.56. The fourth-order valence-corrected chi connectivity index (χ4v) is 2.68. The maximum atomic E-state index is 9.06. The van der Waals surface area contributed by atoms with Crippen LogP contribution in [0.15, 0.2) is 18.2 Å². The van der Waals surface area contributed by atoms with Crippen molar-refractivity contribution in [3.8, 4) is 5.75 Å². The van der Waals surface area contributed by atoms with Crippen LogP contribution in [0.1, 0.15) is 28.1 Å². The quantitative estimate of drug-likeness (QED) is 0.822. The van der Waals surface area contributed by atoms with Gasteiger partial charge in [-0.2, -0.15) is 5.10 Å². The van der Waals surface area contributed by atoms with Crippen LogP contribution in [0, 0.1) is 20.8 Å². The van der Waals surface area contributed by atoms with Crippen molar-refractivity contribution < 1.29 is 9.84 Å². The van der Waals surface area contributed by atoms with Gasteiger partial charge in [0.25, 0.3) is 0 Å². The number of aromatic nitrogens is 2. The molecule has 0 bridgehead atoms. The molecule has 0 aliphatic heterocycles. The summed E-state index contributed by atoms with van der Waals surface area (Å²) in [7, 11) is 1.69. The third-order valence-electron chi connectivity index (χ3n) is 3.82. The van der Waals surface area contributed by atoms with Crippen molar-refractivity contribution in [2.75, 3.05) is 13.7 Å². The van der Waals surface area contributed by atoms with Crippen molar-refractivity contribution in [1.82, 2.24) is 15.1 Å². The van der Waals surface area contributed by atoms with E-state index in [4.69, 9.17) is 9.84 Å². The van der Waals surface area contributed by atoms with E-state index in [1.807, 2.05) is 24.6 Å². The zero-order valence-corrected chi connectivity index (χ0v) is 13.8. The predicted molar refractivity (Wildman–Crippen MR) is 87.1 cm³/mol. The van der Waals surface area contributed by atoms with Crippen LogP contribution in [0.3, 0.4) is 0 Å². The molecule has 5 heteroatoms. The largest absolute Gasteiger partial charge is 0.497 e. The Morgan fingerprint density at radius 1 is 1.18 bits per heavy atom. The van der Waals surface area contributed by atoms with E-state index in [1.165, 1.54) is 16.7 Å². The highest BCUT2D eigenvalue weighted by molar-refractivity contribution is 5.34. The lowest BCUT2D eigenvalue weighted by atomic mass is 10.1. The summed E-state index contributed by atoms with van der Waals surface area (Å²) in [5.74, 6) is 0.889. The van der Waals surface area contributed by atoms with Crippen molar-refractivity contribution in [3.63, 3.8) is 0 Å². The topological polar surface area (TPSA) is 59.3 Å². The molecule has 0 unspecified atom stereocenters. The molecular formula is C17H25N3O2. The second-order valence-corrected chi connectivity index (χ2v) is 5.56. The molecule has 0 fully saturated rings. The molecule has 1 aromatic heterocycles. The number of aryl methyl sites for hydroxylation is 2. The van der Waals surface area contributed by atoms with E-state index in [9.17, 15) is 0 Å². The fourth-order valence-electron chi connectivity index (χ4n) is 2.68. The van der Waals surface area contributed by atoms with Crippen LogP contribution < -0.4 is 10.1 Å². The Kier molecular flexibility index (Phi) is 5.57. The summed E-state index contributed by atoms with van der Waals surface area (Å²) in [5, 5.41) is 17.0. The number of nitrogens with zero attached hydrogens (tertiary/aromatic N) is 2. The number of aliphatic hydroxyl groups excluding tert-OH is 1. The molecule has 2 aromatic rings. The minimum Gasteiger partial charge on any atom is -0.497 e. The van der Waals surface area contributed by atoms with Crippen molar-refractivity contribution in [2.24, 2.45) is 0 Å². The second kappa shape index (κ2) is 7.42. The molecule has 1 aromatic carbocycles. The first kappa shape index (κ1) is 16.5. The first-order chi connectivity index (χ1) is 10.5. The van der Waals surface area contributed by atoms with E-state index in [1.54, 1.807) is 7.11 Å². The van der Waals surface area contributed by atoms with Gasteiger partial charge in [-0.25, -0.2) is 0 Å². The number of nitrogens with one attached hydrogen (secondary N) is 1. The highest BCUT2D eigenvalue weighted by atomic mass is 16.5. The van der Waals surface area contributed by atoms with Gasteiger partial charge in [0, 0.05) is 24.3 Å². The van der Waals surface area contributed by atoms with Crippen LogP contribution in [0.4, 0.5) is 0 Å². The first-order valence-electron chi connectivity index (χ1n) is 7.54. The van der Waals surface area contributed by atoms with Gasteiger partial charge >= 0.3 is 0 Å². The van der Waals surface area contributed by atoms with Gasteiger partial charge in [0.05, 0.1) is 26.0 Å². The Bertz CT molecular complexity index is 635. The van der Waals surface area contributed by atoms with E-state index in [2.05, 4.69) is 29.5 Å². The van der Waals surface area contributed by atoms with E-state index in [-0.39, 0.29) is 6.61 Å². The maximum Gasteiger partial charge on any atom is 0.119 e. The molecule has 2 rings (SSSR count). The monoisotopic (exact) mass is 303 g/mol. The molecule has 0 aliphatic rings. The fraction of sp³-hybridized carbons (Fsp3) is 0.471. The highest BCUT2D eigenvalue weighted by Gasteiger charge is 2.10. The van der Waals surface area contributed by atoms with Gasteiger partial charge in [0.2, 0.25) is 0 Å². The summed E-state index contributed by atoms with van der Waals surface area (Å²) in [6, 6.07) is 6.23. The molecule has 120 valence electrons. The first-order valence-corrected chi connectivity index (χ1v) is 7.54. The lowest BCUT2D eigenvalue weighted by Gasteiger charge is -2.09. The van der Waals surface area contributed by atoms with Gasteiger partial charge in [-0.05, 0) is 44.0 Å². The van der Waals surface area contributed by atoms with Crippen molar-refractivity contribution in [2.45, 2.75) is 40.4 Å². The molecular weight excluding hydrogens is 278 g/mol. The summed E-state index contributed by atoms with van der Waals surface area (Å²) in [5.41, 5.74) is 5.73. The van der Waals surface area contributed by atoms with Gasteiger partial charge in [-0.15, -0.1) is 0 Å². The van der Waals surface area contributed by atoms with Gasteiger partial charge in [-0.1, -0.05) is 6.07 Å². The zero-order valence-electron chi connectivity index (χ0n) is 13.8. The zero-order chi connectivity index (χ0) is 16.1. The van der Waals surface area contributed by atoms with Gasteiger partial charge in [-0.3, -0.25) is 4.68 Å². The van der Waals surface area contributed by atoms with Crippen molar-refractivity contribution in [3.05, 3.63) is 46.3 Å². The molecule has 1 heterocycles. The summed E-state index contributed by atoms with van der Waals surface area (Å²) in [6.07, 6.45) is 0. The molecule has 5 nitrogen and oxygen atoms in total. The minimum absolute atomic E-state index is 0.109. The number of aliphatic hydroxyl groups is 1. The third-order valence-corrected chi connectivity index (χ3v) is 3.82. The Hall–Kier alpha value is -1.85. The normalized spacial score (nSPS) is 11.0. The highest BCUT2D eigenvalue weighted by Crippen LogP contribution is 2.17. The number of benzene rings is 1. The Labute approximate surface area is 131 Å². The third kappa shape index (κ3) is 3.87. The predicted octanol–water partition coefficient (Wildman–Crippen LogP) is 2.10. The molecule has 0 saturated heterocycles. The summed E-state index contributed by atoms with van der Waals surface area (Å²) >= 11 is 0. The minimum atomic E-state index is 0.109. The summed E-state index contributed by atoms with van der Waals surface area (Å²) in [6.45, 7) is 8.32. The molecule has 0 spiro atoms. The molecule has 22 heavy (non-hydrogen) atoms. The molecule has 2 N–H and O–H groups in total. The van der Waals surface area contributed by atoms with Crippen molar-refractivity contribution >= 4 is 0 Å². The van der Waals surface area contributed by atoms with Gasteiger partial charge < -0.3 is 15.2 Å². The Balaban J connectivity index is 2.01. The Morgan fingerprint density at radius 3 is 2.64 bits per heavy atom. The average molecular weight is 303 g/mol. The van der Waals surface area contributed by atoms with Crippen molar-refractivity contribution in [1.29, 1.82) is 0 Å². The average Bonchev–Trinajstić information content (AvgIpc) is 2.74. The van der Waals surface area contributed by atoms with Crippen LogP contribution >= 0.6 is 0 Å². The number of methoxy groups -OCH3 is 1. The molecule has 0 amide bonds. The SMILES string of the molecule is COc1cc(C)cc(CNCc2c(C)nn(CCO)c2C)c1. The Morgan fingerprint density at radius 2 is 1.95 bits per heavy atom. The number of rotatable bonds is 7. The van der Waals surface area contributed by atoms with Crippen LogP contribution in [-0.4, -0.2) is 28.6 Å². The lowest BCUT2D eigenvalue weighted by Crippen LogP contribution is -2.14. The molecule has 0 saturated carbocycles. The number of hydrogen-bond donors (Lipinski definition) is 2. The van der Waals surface area contributed by atoms with Gasteiger partial charge in [0.15, 0.2) is 0 Å². The van der Waals surface area contributed by atoms with E-state index in [0.29, 0.717) is 6.54 Å². The van der Waals surface area contributed by atoms with Crippen LogP contribution in [0.25, 0.3) is 0 Å². The maximum absolute atomic E-state index is 9.06. The molecule has 0 atom stereocenters. The lowest BCUT2D eigenvalue weighted by molar-refractivity contribution is 0.267. The van der Waals surface area contributed by atoms with E-state index in [0.717, 1.165) is 30.2 Å². The smallest absolute Gasteiger partial charge is 0.119 e. The molecule has 0 radical (unpaired) electrons. The van der Waals surface area contributed by atoms with Crippen LogP contribution in [-0.2, 0) is 19.6 Å².